The maximum atomic E-state index is 11.7. The van der Waals surface area contributed by atoms with Gasteiger partial charge in [-0.25, -0.2) is 4.98 Å². The van der Waals surface area contributed by atoms with Crippen LogP contribution in [-0.2, 0) is 11.2 Å². The van der Waals surface area contributed by atoms with Gasteiger partial charge in [-0.05, 0) is 12.0 Å². The highest BCUT2D eigenvalue weighted by molar-refractivity contribution is 5.75. The Bertz CT molecular complexity index is 510. The Hall–Kier alpha value is -2.14. The molecule has 0 saturated heterocycles. The van der Waals surface area contributed by atoms with Crippen LogP contribution in [0.25, 0.3) is 0 Å². The zero-order chi connectivity index (χ0) is 14.2. The minimum atomic E-state index is -0.0907. The largest absolute Gasteiger partial charge is 0.356 e. The predicted octanol–water partition coefficient (Wildman–Crippen LogP) is 1.55. The molecule has 4 N–H and O–H groups in total. The molecule has 0 aliphatic heterocycles. The lowest BCUT2D eigenvalue weighted by Crippen LogP contribution is -2.26. The molecule has 2 aromatic rings. The van der Waals surface area contributed by atoms with Gasteiger partial charge in [0.1, 0.15) is 5.82 Å². The van der Waals surface area contributed by atoms with Crippen molar-refractivity contribution in [1.82, 2.24) is 15.3 Å². The van der Waals surface area contributed by atoms with E-state index in [1.54, 1.807) is 12.4 Å². The maximum absolute atomic E-state index is 11.7. The fraction of sp³-hybridized carbons (Fsp3) is 0.333. The van der Waals surface area contributed by atoms with Crippen LogP contribution in [-0.4, -0.2) is 22.4 Å². The van der Waals surface area contributed by atoms with Crippen molar-refractivity contribution in [2.45, 2.75) is 25.3 Å². The summed E-state index contributed by atoms with van der Waals surface area (Å²) in [6, 6.07) is 9.75. The Labute approximate surface area is 118 Å². The quantitative estimate of drug-likeness (QED) is 0.715. The zero-order valence-electron chi connectivity index (χ0n) is 11.4. The fourth-order valence-electron chi connectivity index (χ4n) is 2.00. The van der Waals surface area contributed by atoms with Gasteiger partial charge < -0.3 is 16.0 Å². The number of H-pyrrole nitrogens is 1. The summed E-state index contributed by atoms with van der Waals surface area (Å²) in [5.41, 5.74) is 7.12. The van der Waals surface area contributed by atoms with Gasteiger partial charge in [-0.15, -0.1) is 0 Å². The van der Waals surface area contributed by atoms with Crippen molar-refractivity contribution in [3.8, 4) is 0 Å². The van der Waals surface area contributed by atoms with Crippen LogP contribution in [0, 0.1) is 0 Å². The van der Waals surface area contributed by atoms with Gasteiger partial charge in [-0.1, -0.05) is 30.3 Å². The van der Waals surface area contributed by atoms with E-state index in [4.69, 9.17) is 5.73 Å². The van der Waals surface area contributed by atoms with Gasteiger partial charge in [-0.2, -0.15) is 0 Å². The number of rotatable bonds is 7. The molecule has 1 aromatic carbocycles. The first-order valence-electron chi connectivity index (χ1n) is 6.81. The maximum Gasteiger partial charge on any atom is 0.220 e. The summed E-state index contributed by atoms with van der Waals surface area (Å²) in [4.78, 5) is 18.8. The number of imidazole rings is 1. The Morgan fingerprint density at radius 2 is 2.15 bits per heavy atom. The summed E-state index contributed by atoms with van der Waals surface area (Å²) in [7, 11) is 0. The van der Waals surface area contributed by atoms with E-state index in [0.29, 0.717) is 25.8 Å². The number of benzene rings is 1. The van der Waals surface area contributed by atoms with E-state index in [1.165, 1.54) is 0 Å². The molecule has 1 aromatic heterocycles. The number of aromatic amines is 1. The van der Waals surface area contributed by atoms with E-state index in [9.17, 15) is 4.79 Å². The van der Waals surface area contributed by atoms with Crippen molar-refractivity contribution in [3.05, 3.63) is 54.1 Å². The summed E-state index contributed by atoms with van der Waals surface area (Å²) < 4.78 is 0. The summed E-state index contributed by atoms with van der Waals surface area (Å²) in [6.07, 6.45) is 5.28. The van der Waals surface area contributed by atoms with Gasteiger partial charge in [0.25, 0.3) is 0 Å². The van der Waals surface area contributed by atoms with Crippen LogP contribution in [0.3, 0.4) is 0 Å². The highest BCUT2D eigenvalue weighted by Gasteiger charge is 2.08. The smallest absolute Gasteiger partial charge is 0.220 e. The summed E-state index contributed by atoms with van der Waals surface area (Å²) in [5, 5.41) is 2.87. The minimum absolute atomic E-state index is 0.0305. The van der Waals surface area contributed by atoms with Crippen LogP contribution in [0.15, 0.2) is 42.7 Å². The first kappa shape index (κ1) is 14.3. The first-order chi connectivity index (χ1) is 9.75. The lowest BCUT2D eigenvalue weighted by molar-refractivity contribution is -0.121. The van der Waals surface area contributed by atoms with Crippen LogP contribution in [0.5, 0.6) is 0 Å². The molecule has 0 spiro atoms. The Morgan fingerprint density at radius 1 is 1.35 bits per heavy atom. The average Bonchev–Trinajstić information content (AvgIpc) is 2.99. The lowest BCUT2D eigenvalue weighted by Gasteiger charge is -2.11. The monoisotopic (exact) mass is 272 g/mol. The van der Waals surface area contributed by atoms with Gasteiger partial charge in [0, 0.05) is 37.8 Å². The van der Waals surface area contributed by atoms with Gasteiger partial charge in [-0.3, -0.25) is 4.79 Å². The molecule has 1 amide bonds. The van der Waals surface area contributed by atoms with Crippen LogP contribution in [0.2, 0.25) is 0 Å². The van der Waals surface area contributed by atoms with Gasteiger partial charge in [0.15, 0.2) is 0 Å². The average molecular weight is 272 g/mol. The highest BCUT2D eigenvalue weighted by atomic mass is 16.1. The molecule has 0 aliphatic carbocycles. The predicted molar refractivity (Wildman–Crippen MR) is 77.9 cm³/mol. The third kappa shape index (κ3) is 4.51. The molecule has 0 aliphatic rings. The SMILES string of the molecule is NC(CCC(=O)NCCc1ncc[nH]1)c1ccccc1. The molecular weight excluding hydrogens is 252 g/mol. The number of nitrogens with zero attached hydrogens (tertiary/aromatic N) is 1. The first-order valence-corrected chi connectivity index (χ1v) is 6.81. The van der Waals surface area contributed by atoms with Gasteiger partial charge in [0.05, 0.1) is 0 Å². The lowest BCUT2D eigenvalue weighted by atomic mass is 10.0. The molecule has 0 fully saturated rings. The fourth-order valence-corrected chi connectivity index (χ4v) is 2.00. The second-order valence-corrected chi connectivity index (χ2v) is 4.69. The van der Waals surface area contributed by atoms with Crippen LogP contribution < -0.4 is 11.1 Å². The Morgan fingerprint density at radius 3 is 2.85 bits per heavy atom. The van der Waals surface area contributed by atoms with Crippen LogP contribution >= 0.6 is 0 Å². The van der Waals surface area contributed by atoms with E-state index in [1.807, 2.05) is 30.3 Å². The van der Waals surface area contributed by atoms with Gasteiger partial charge >= 0.3 is 0 Å². The van der Waals surface area contributed by atoms with Crippen molar-refractivity contribution in [1.29, 1.82) is 0 Å². The van der Waals surface area contributed by atoms with E-state index in [0.717, 1.165) is 11.4 Å². The van der Waals surface area contributed by atoms with Crippen molar-refractivity contribution < 1.29 is 4.79 Å². The van der Waals surface area contributed by atoms with E-state index in [-0.39, 0.29) is 11.9 Å². The Balaban J connectivity index is 1.65. The van der Waals surface area contributed by atoms with Crippen molar-refractivity contribution in [2.24, 2.45) is 5.73 Å². The summed E-state index contributed by atoms with van der Waals surface area (Å²) in [5.74, 6) is 0.911. The number of carbonyl (C=O) groups excluding carboxylic acids is 1. The molecule has 5 heteroatoms. The molecule has 1 unspecified atom stereocenters. The number of hydrogen-bond donors (Lipinski definition) is 3. The summed E-state index contributed by atoms with van der Waals surface area (Å²) >= 11 is 0. The molecular formula is C15H20N4O. The van der Waals surface area contributed by atoms with Crippen LogP contribution in [0.1, 0.15) is 30.3 Å². The molecule has 106 valence electrons. The summed E-state index contributed by atoms with van der Waals surface area (Å²) in [6.45, 7) is 0.590. The van der Waals surface area contributed by atoms with Crippen molar-refractivity contribution >= 4 is 5.91 Å². The minimum Gasteiger partial charge on any atom is -0.356 e. The number of nitrogens with two attached hydrogens (primary N) is 1. The number of hydrogen-bond acceptors (Lipinski definition) is 3. The second kappa shape index (κ2) is 7.45. The van der Waals surface area contributed by atoms with Gasteiger partial charge in [0.2, 0.25) is 5.91 Å². The topological polar surface area (TPSA) is 83.8 Å². The third-order valence-corrected chi connectivity index (χ3v) is 3.15. The molecule has 2 rings (SSSR count). The van der Waals surface area contributed by atoms with E-state index < -0.39 is 0 Å². The van der Waals surface area contributed by atoms with Crippen LogP contribution in [0.4, 0.5) is 0 Å². The molecule has 0 bridgehead atoms. The van der Waals surface area contributed by atoms with Crippen molar-refractivity contribution in [3.63, 3.8) is 0 Å². The number of amides is 1. The molecule has 0 radical (unpaired) electrons. The van der Waals surface area contributed by atoms with E-state index in [2.05, 4.69) is 15.3 Å². The third-order valence-electron chi connectivity index (χ3n) is 3.15. The molecule has 1 heterocycles. The van der Waals surface area contributed by atoms with Crippen molar-refractivity contribution in [2.75, 3.05) is 6.54 Å². The standard InChI is InChI=1S/C15H20N4O/c16-13(12-4-2-1-3-5-12)6-7-15(20)19-9-8-14-17-10-11-18-14/h1-5,10-11,13H,6-9,16H2,(H,17,18)(H,19,20). The molecule has 0 saturated carbocycles. The number of aromatic nitrogens is 2. The molecule has 20 heavy (non-hydrogen) atoms. The zero-order valence-corrected chi connectivity index (χ0v) is 11.4. The highest BCUT2D eigenvalue weighted by Crippen LogP contribution is 2.14. The molecule has 1 atom stereocenters. The number of nitrogens with one attached hydrogen (secondary N) is 2. The normalized spacial score (nSPS) is 12.1. The second-order valence-electron chi connectivity index (χ2n) is 4.69. The Kier molecular flexibility index (Phi) is 5.32. The molecule has 5 nitrogen and oxygen atoms in total. The number of carbonyl (C=O) groups is 1. The van der Waals surface area contributed by atoms with E-state index >= 15 is 0 Å².